The lowest BCUT2D eigenvalue weighted by atomic mass is 9.74. The van der Waals surface area contributed by atoms with Gasteiger partial charge in [-0.1, -0.05) is 27.7 Å². The van der Waals surface area contributed by atoms with Gasteiger partial charge in [-0.3, -0.25) is 0 Å². The molecule has 1 rings (SSSR count). The van der Waals surface area contributed by atoms with Gasteiger partial charge in [0.05, 0.1) is 6.10 Å². The summed E-state index contributed by atoms with van der Waals surface area (Å²) in [5.74, 6) is 0.720. The van der Waals surface area contributed by atoms with Gasteiger partial charge >= 0.3 is 0 Å². The zero-order valence-electron chi connectivity index (χ0n) is 10.8. The van der Waals surface area contributed by atoms with Gasteiger partial charge in [0.2, 0.25) is 0 Å². The second-order valence-corrected chi connectivity index (χ2v) is 6.16. The van der Waals surface area contributed by atoms with Crippen LogP contribution in [0.3, 0.4) is 0 Å². The van der Waals surface area contributed by atoms with Crippen LogP contribution in [-0.4, -0.2) is 18.8 Å². The van der Waals surface area contributed by atoms with E-state index in [4.69, 9.17) is 10.5 Å². The Morgan fingerprint density at radius 1 is 1.40 bits per heavy atom. The van der Waals surface area contributed by atoms with E-state index in [0.717, 1.165) is 31.8 Å². The fourth-order valence-electron chi connectivity index (χ4n) is 2.18. The summed E-state index contributed by atoms with van der Waals surface area (Å²) in [6.45, 7) is 9.96. The molecule has 90 valence electrons. The molecule has 0 aromatic carbocycles. The Morgan fingerprint density at radius 3 is 2.67 bits per heavy atom. The highest BCUT2D eigenvalue weighted by Gasteiger charge is 2.33. The highest BCUT2D eigenvalue weighted by Crippen LogP contribution is 2.36. The standard InChI is InChI=1S/C13H27NO/c1-10(2)6-8-15-12-9-13(3,4)7-5-11(12)14/h10-12H,5-9,14H2,1-4H3. The zero-order valence-corrected chi connectivity index (χ0v) is 10.8. The Morgan fingerprint density at radius 2 is 2.07 bits per heavy atom. The van der Waals surface area contributed by atoms with Crippen molar-refractivity contribution in [3.05, 3.63) is 0 Å². The molecule has 1 aliphatic rings. The van der Waals surface area contributed by atoms with Gasteiger partial charge in [-0.2, -0.15) is 0 Å². The van der Waals surface area contributed by atoms with Crippen LogP contribution in [0.15, 0.2) is 0 Å². The minimum Gasteiger partial charge on any atom is -0.377 e. The van der Waals surface area contributed by atoms with E-state index in [-0.39, 0.29) is 12.1 Å². The van der Waals surface area contributed by atoms with Gasteiger partial charge in [0.15, 0.2) is 0 Å². The third kappa shape index (κ3) is 4.52. The molecule has 2 N–H and O–H groups in total. The lowest BCUT2D eigenvalue weighted by molar-refractivity contribution is -0.0224. The third-order valence-corrected chi connectivity index (χ3v) is 3.41. The Bertz CT molecular complexity index is 189. The molecule has 0 spiro atoms. The van der Waals surface area contributed by atoms with Gasteiger partial charge in [0.1, 0.15) is 0 Å². The summed E-state index contributed by atoms with van der Waals surface area (Å²) in [6, 6.07) is 0.255. The molecule has 0 amide bonds. The molecule has 0 radical (unpaired) electrons. The van der Waals surface area contributed by atoms with Gasteiger partial charge in [0.25, 0.3) is 0 Å². The van der Waals surface area contributed by atoms with Gasteiger partial charge in [-0.05, 0) is 37.0 Å². The number of rotatable bonds is 4. The van der Waals surface area contributed by atoms with Crippen molar-refractivity contribution in [2.24, 2.45) is 17.1 Å². The van der Waals surface area contributed by atoms with Crippen LogP contribution >= 0.6 is 0 Å². The van der Waals surface area contributed by atoms with Crippen molar-refractivity contribution < 1.29 is 4.74 Å². The van der Waals surface area contributed by atoms with Crippen LogP contribution in [0.2, 0.25) is 0 Å². The van der Waals surface area contributed by atoms with E-state index in [1.165, 1.54) is 6.42 Å². The maximum Gasteiger partial charge on any atom is 0.0731 e. The zero-order chi connectivity index (χ0) is 11.5. The van der Waals surface area contributed by atoms with E-state index >= 15 is 0 Å². The molecule has 2 unspecified atom stereocenters. The molecule has 0 aromatic heterocycles. The van der Waals surface area contributed by atoms with Crippen molar-refractivity contribution in [3.8, 4) is 0 Å². The summed E-state index contributed by atoms with van der Waals surface area (Å²) in [6.07, 6.45) is 4.89. The van der Waals surface area contributed by atoms with Crippen LogP contribution < -0.4 is 5.73 Å². The predicted octanol–water partition coefficient (Wildman–Crippen LogP) is 2.96. The predicted molar refractivity (Wildman–Crippen MR) is 64.8 cm³/mol. The maximum atomic E-state index is 6.09. The first-order valence-electron chi connectivity index (χ1n) is 6.28. The van der Waals surface area contributed by atoms with Crippen LogP contribution in [0.25, 0.3) is 0 Å². The Balaban J connectivity index is 2.32. The second-order valence-electron chi connectivity index (χ2n) is 6.16. The van der Waals surface area contributed by atoms with E-state index < -0.39 is 0 Å². The first-order valence-corrected chi connectivity index (χ1v) is 6.28. The number of ether oxygens (including phenoxy) is 1. The molecule has 0 bridgehead atoms. The topological polar surface area (TPSA) is 35.2 Å². The average Bonchev–Trinajstić information content (AvgIpc) is 2.10. The summed E-state index contributed by atoms with van der Waals surface area (Å²) in [7, 11) is 0. The molecule has 1 saturated carbocycles. The Hall–Kier alpha value is -0.0800. The number of hydrogen-bond donors (Lipinski definition) is 1. The van der Waals surface area contributed by atoms with E-state index in [1.54, 1.807) is 0 Å². The minimum atomic E-state index is 0.255. The van der Waals surface area contributed by atoms with Crippen molar-refractivity contribution in [2.45, 2.75) is 65.5 Å². The second kappa shape index (κ2) is 5.31. The van der Waals surface area contributed by atoms with E-state index in [0.29, 0.717) is 5.41 Å². The van der Waals surface area contributed by atoms with E-state index in [2.05, 4.69) is 27.7 Å². The summed E-state index contributed by atoms with van der Waals surface area (Å²) in [5.41, 5.74) is 6.51. The minimum absolute atomic E-state index is 0.255. The first-order chi connectivity index (χ1) is 6.91. The molecule has 1 fully saturated rings. The van der Waals surface area contributed by atoms with Crippen molar-refractivity contribution in [3.63, 3.8) is 0 Å². The molecule has 0 aliphatic heterocycles. The van der Waals surface area contributed by atoms with E-state index in [9.17, 15) is 0 Å². The summed E-state index contributed by atoms with van der Waals surface area (Å²) >= 11 is 0. The molecule has 0 heterocycles. The Kier molecular flexibility index (Phi) is 4.60. The third-order valence-electron chi connectivity index (χ3n) is 3.41. The lowest BCUT2D eigenvalue weighted by Crippen LogP contribution is -2.44. The van der Waals surface area contributed by atoms with Gasteiger partial charge < -0.3 is 10.5 Å². The van der Waals surface area contributed by atoms with Crippen LogP contribution in [0, 0.1) is 11.3 Å². The molecule has 1 aliphatic carbocycles. The monoisotopic (exact) mass is 213 g/mol. The van der Waals surface area contributed by atoms with Crippen molar-refractivity contribution in [1.82, 2.24) is 0 Å². The van der Waals surface area contributed by atoms with Gasteiger partial charge in [0, 0.05) is 12.6 Å². The summed E-state index contributed by atoms with van der Waals surface area (Å²) < 4.78 is 5.92. The molecular formula is C13H27NO. The molecule has 0 aromatic rings. The van der Waals surface area contributed by atoms with Crippen molar-refractivity contribution in [2.75, 3.05) is 6.61 Å². The number of hydrogen-bond acceptors (Lipinski definition) is 2. The maximum absolute atomic E-state index is 6.09. The smallest absolute Gasteiger partial charge is 0.0731 e. The molecule has 2 nitrogen and oxygen atoms in total. The van der Waals surface area contributed by atoms with Crippen molar-refractivity contribution >= 4 is 0 Å². The molecule has 2 atom stereocenters. The Labute approximate surface area is 94.6 Å². The quantitative estimate of drug-likeness (QED) is 0.779. The largest absolute Gasteiger partial charge is 0.377 e. The fourth-order valence-corrected chi connectivity index (χ4v) is 2.18. The van der Waals surface area contributed by atoms with Crippen LogP contribution in [0.4, 0.5) is 0 Å². The van der Waals surface area contributed by atoms with Crippen LogP contribution in [0.5, 0.6) is 0 Å². The van der Waals surface area contributed by atoms with Crippen LogP contribution in [0.1, 0.15) is 53.4 Å². The molecular weight excluding hydrogens is 186 g/mol. The van der Waals surface area contributed by atoms with Crippen LogP contribution in [-0.2, 0) is 4.74 Å². The summed E-state index contributed by atoms with van der Waals surface area (Å²) in [4.78, 5) is 0. The van der Waals surface area contributed by atoms with Gasteiger partial charge in [-0.25, -0.2) is 0 Å². The van der Waals surface area contributed by atoms with Crippen molar-refractivity contribution in [1.29, 1.82) is 0 Å². The fraction of sp³-hybridized carbons (Fsp3) is 1.00. The average molecular weight is 213 g/mol. The SMILES string of the molecule is CC(C)CCOC1CC(C)(C)CCC1N. The first kappa shape index (κ1) is 13.0. The highest BCUT2D eigenvalue weighted by molar-refractivity contribution is 4.87. The van der Waals surface area contributed by atoms with E-state index in [1.807, 2.05) is 0 Å². The molecule has 15 heavy (non-hydrogen) atoms. The lowest BCUT2D eigenvalue weighted by Gasteiger charge is -2.39. The normalized spacial score (nSPS) is 30.8. The highest BCUT2D eigenvalue weighted by atomic mass is 16.5. The number of nitrogens with two attached hydrogens (primary N) is 1. The van der Waals surface area contributed by atoms with Gasteiger partial charge in [-0.15, -0.1) is 0 Å². The summed E-state index contributed by atoms with van der Waals surface area (Å²) in [5, 5.41) is 0. The molecule has 2 heteroatoms. The molecule has 0 saturated heterocycles.